The minimum Gasteiger partial charge on any atom is -0.493 e. The molecule has 1 aromatic carbocycles. The fourth-order valence-electron chi connectivity index (χ4n) is 2.52. The number of carbonyl (C=O) groups excluding carboxylic acids is 1. The van der Waals surface area contributed by atoms with E-state index >= 15 is 0 Å². The third-order valence-corrected chi connectivity index (χ3v) is 6.13. The normalized spacial score (nSPS) is 12.8. The second-order valence-corrected chi connectivity index (χ2v) is 7.37. The summed E-state index contributed by atoms with van der Waals surface area (Å²) in [6, 6.07) is 7.86. The van der Waals surface area contributed by atoms with E-state index in [0.717, 1.165) is 28.4 Å². The molecule has 122 valence electrons. The highest BCUT2D eigenvalue weighted by Crippen LogP contribution is 2.36. The smallest absolute Gasteiger partial charge is 0.261 e. The van der Waals surface area contributed by atoms with Gasteiger partial charge in [0.2, 0.25) is 0 Å². The summed E-state index contributed by atoms with van der Waals surface area (Å²) in [4.78, 5) is 14.4. The van der Waals surface area contributed by atoms with Gasteiger partial charge in [0.05, 0.1) is 19.1 Å². The average molecular weight is 349 g/mol. The topological polar surface area (TPSA) is 47.6 Å². The van der Waals surface area contributed by atoms with Crippen LogP contribution in [0.15, 0.2) is 24.3 Å². The molecule has 0 unspecified atom stereocenters. The predicted molar refractivity (Wildman–Crippen MR) is 94.9 cm³/mol. The lowest BCUT2D eigenvalue weighted by Crippen LogP contribution is -2.24. The van der Waals surface area contributed by atoms with Gasteiger partial charge < -0.3 is 14.8 Å². The Morgan fingerprint density at radius 2 is 2.00 bits per heavy atom. The molecule has 3 rings (SSSR count). The Labute approximate surface area is 144 Å². The molecule has 0 atom stereocenters. The number of nitrogens with one attached hydrogen (secondary N) is 1. The SMILES string of the molecule is COc1ccc(CCNC(=O)c2cc3c(s2)CSC3)cc1OC. The lowest BCUT2D eigenvalue weighted by Gasteiger charge is -2.10. The fraction of sp³-hybridized carbons (Fsp3) is 0.353. The van der Waals surface area contributed by atoms with E-state index in [0.29, 0.717) is 18.0 Å². The van der Waals surface area contributed by atoms with Crippen molar-refractivity contribution in [2.24, 2.45) is 0 Å². The molecule has 1 aromatic heterocycles. The van der Waals surface area contributed by atoms with E-state index in [9.17, 15) is 4.79 Å². The molecule has 0 saturated carbocycles. The van der Waals surface area contributed by atoms with Gasteiger partial charge in [-0.2, -0.15) is 11.8 Å². The number of thioether (sulfide) groups is 1. The summed E-state index contributed by atoms with van der Waals surface area (Å²) in [5.41, 5.74) is 2.43. The van der Waals surface area contributed by atoms with Crippen LogP contribution in [0.2, 0.25) is 0 Å². The molecule has 6 heteroatoms. The molecule has 0 aliphatic carbocycles. The third kappa shape index (κ3) is 3.64. The summed E-state index contributed by atoms with van der Waals surface area (Å²) in [6.45, 7) is 0.603. The first-order valence-corrected chi connectivity index (χ1v) is 9.37. The number of carbonyl (C=O) groups is 1. The number of hydrogen-bond acceptors (Lipinski definition) is 5. The van der Waals surface area contributed by atoms with E-state index in [4.69, 9.17) is 9.47 Å². The van der Waals surface area contributed by atoms with Crippen molar-refractivity contribution in [2.45, 2.75) is 17.9 Å². The van der Waals surface area contributed by atoms with Crippen LogP contribution in [0.5, 0.6) is 11.5 Å². The van der Waals surface area contributed by atoms with E-state index in [1.807, 2.05) is 36.0 Å². The first-order chi connectivity index (χ1) is 11.2. The number of methoxy groups -OCH3 is 2. The maximum Gasteiger partial charge on any atom is 0.261 e. The van der Waals surface area contributed by atoms with Crippen molar-refractivity contribution < 1.29 is 14.3 Å². The minimum atomic E-state index is 0.0230. The van der Waals surface area contributed by atoms with Gasteiger partial charge in [-0.3, -0.25) is 4.79 Å². The van der Waals surface area contributed by atoms with E-state index in [-0.39, 0.29) is 5.91 Å². The van der Waals surface area contributed by atoms with Crippen molar-refractivity contribution in [3.8, 4) is 11.5 Å². The molecule has 2 heterocycles. The standard InChI is InChI=1S/C17H19NO3S2/c1-20-13-4-3-11(7-14(13)21-2)5-6-18-17(19)15-8-12-9-22-10-16(12)23-15/h3-4,7-8H,5-6,9-10H2,1-2H3,(H,18,19). The Kier molecular flexibility index (Phi) is 5.13. The van der Waals surface area contributed by atoms with Crippen LogP contribution in [0.4, 0.5) is 0 Å². The Morgan fingerprint density at radius 1 is 1.17 bits per heavy atom. The summed E-state index contributed by atoms with van der Waals surface area (Å²) in [6.07, 6.45) is 0.757. The van der Waals surface area contributed by atoms with Gasteiger partial charge in [0.15, 0.2) is 11.5 Å². The molecule has 1 amide bonds. The molecule has 1 aliphatic heterocycles. The highest BCUT2D eigenvalue weighted by atomic mass is 32.2. The highest BCUT2D eigenvalue weighted by Gasteiger charge is 2.18. The summed E-state index contributed by atoms with van der Waals surface area (Å²) in [5, 5.41) is 2.99. The van der Waals surface area contributed by atoms with Crippen LogP contribution in [0.1, 0.15) is 25.7 Å². The molecule has 0 bridgehead atoms. The van der Waals surface area contributed by atoms with E-state index in [1.54, 1.807) is 25.6 Å². The van der Waals surface area contributed by atoms with Crippen molar-refractivity contribution >= 4 is 29.0 Å². The zero-order valence-corrected chi connectivity index (χ0v) is 14.8. The van der Waals surface area contributed by atoms with Crippen molar-refractivity contribution in [3.05, 3.63) is 45.1 Å². The molecule has 0 spiro atoms. The summed E-state index contributed by atoms with van der Waals surface area (Å²) in [5.74, 6) is 3.52. The van der Waals surface area contributed by atoms with Crippen molar-refractivity contribution in [1.29, 1.82) is 0 Å². The quantitative estimate of drug-likeness (QED) is 0.867. The molecule has 0 fully saturated rings. The molecule has 23 heavy (non-hydrogen) atoms. The van der Waals surface area contributed by atoms with Crippen LogP contribution in [0.3, 0.4) is 0 Å². The van der Waals surface area contributed by atoms with E-state index in [1.165, 1.54) is 10.4 Å². The Morgan fingerprint density at radius 3 is 2.74 bits per heavy atom. The van der Waals surface area contributed by atoms with Gasteiger partial charge in [0.25, 0.3) is 5.91 Å². The first kappa shape index (κ1) is 16.2. The van der Waals surface area contributed by atoms with Gasteiger partial charge in [-0.25, -0.2) is 0 Å². The number of hydrogen-bond donors (Lipinski definition) is 1. The lowest BCUT2D eigenvalue weighted by atomic mass is 10.1. The number of fused-ring (bicyclic) bond motifs is 1. The molecule has 1 N–H and O–H groups in total. The van der Waals surface area contributed by atoms with Gasteiger partial charge in [-0.1, -0.05) is 6.07 Å². The number of amides is 1. The zero-order chi connectivity index (χ0) is 16.2. The van der Waals surface area contributed by atoms with Crippen LogP contribution in [-0.2, 0) is 17.9 Å². The van der Waals surface area contributed by atoms with Crippen LogP contribution >= 0.6 is 23.1 Å². The molecule has 0 radical (unpaired) electrons. The van der Waals surface area contributed by atoms with Crippen LogP contribution in [-0.4, -0.2) is 26.7 Å². The molecular weight excluding hydrogens is 330 g/mol. The van der Waals surface area contributed by atoms with Gasteiger partial charge in [-0.05, 0) is 35.7 Å². The number of rotatable bonds is 6. The average Bonchev–Trinajstić information content (AvgIpc) is 3.16. The molecule has 1 aliphatic rings. The summed E-state index contributed by atoms with van der Waals surface area (Å²) >= 11 is 3.53. The predicted octanol–water partition coefficient (Wildman–Crippen LogP) is 3.48. The first-order valence-electron chi connectivity index (χ1n) is 7.39. The monoisotopic (exact) mass is 349 g/mol. The molecule has 4 nitrogen and oxygen atoms in total. The maximum absolute atomic E-state index is 12.2. The molecule has 2 aromatic rings. The van der Waals surface area contributed by atoms with E-state index in [2.05, 4.69) is 5.32 Å². The molecular formula is C17H19NO3S2. The summed E-state index contributed by atoms with van der Waals surface area (Å²) < 4.78 is 10.5. The minimum absolute atomic E-state index is 0.0230. The zero-order valence-electron chi connectivity index (χ0n) is 13.2. The van der Waals surface area contributed by atoms with Crippen LogP contribution in [0, 0.1) is 0 Å². The summed E-state index contributed by atoms with van der Waals surface area (Å²) in [7, 11) is 3.24. The third-order valence-electron chi connectivity index (χ3n) is 3.76. The van der Waals surface area contributed by atoms with Gasteiger partial charge in [-0.15, -0.1) is 11.3 Å². The Balaban J connectivity index is 1.55. The van der Waals surface area contributed by atoms with Crippen molar-refractivity contribution in [3.63, 3.8) is 0 Å². The lowest BCUT2D eigenvalue weighted by molar-refractivity contribution is 0.0958. The molecule has 0 saturated heterocycles. The van der Waals surface area contributed by atoms with Crippen molar-refractivity contribution in [1.82, 2.24) is 5.32 Å². The highest BCUT2D eigenvalue weighted by molar-refractivity contribution is 7.98. The van der Waals surface area contributed by atoms with Gasteiger partial charge >= 0.3 is 0 Å². The van der Waals surface area contributed by atoms with Crippen LogP contribution in [0.25, 0.3) is 0 Å². The number of benzene rings is 1. The number of ether oxygens (including phenoxy) is 2. The second kappa shape index (κ2) is 7.27. The second-order valence-electron chi connectivity index (χ2n) is 5.25. The van der Waals surface area contributed by atoms with Crippen LogP contribution < -0.4 is 14.8 Å². The Hall–Kier alpha value is -1.66. The largest absolute Gasteiger partial charge is 0.493 e. The Bertz CT molecular complexity index is 690. The van der Waals surface area contributed by atoms with Gasteiger partial charge in [0.1, 0.15) is 0 Å². The number of thiophene rings is 1. The maximum atomic E-state index is 12.2. The van der Waals surface area contributed by atoms with Crippen molar-refractivity contribution in [2.75, 3.05) is 20.8 Å². The van der Waals surface area contributed by atoms with Gasteiger partial charge in [0, 0.05) is 22.9 Å². The fourth-order valence-corrected chi connectivity index (χ4v) is 4.94. The van der Waals surface area contributed by atoms with E-state index < -0.39 is 0 Å².